The van der Waals surface area contributed by atoms with Crippen molar-refractivity contribution in [2.45, 2.75) is 12.5 Å². The van der Waals surface area contributed by atoms with Gasteiger partial charge >= 0.3 is 0 Å². The first-order chi connectivity index (χ1) is 6.05. The molecule has 5 heteroatoms. The van der Waals surface area contributed by atoms with E-state index in [1.165, 1.54) is 0 Å². The molecule has 1 fully saturated rings. The van der Waals surface area contributed by atoms with Crippen molar-refractivity contribution in [2.24, 2.45) is 0 Å². The lowest BCUT2D eigenvalue weighted by atomic mass is 10.2. The van der Waals surface area contributed by atoms with Crippen molar-refractivity contribution >= 4 is 22.5 Å². The van der Waals surface area contributed by atoms with E-state index in [2.05, 4.69) is 23.8 Å². The zero-order chi connectivity index (χ0) is 9.90. The quantitative estimate of drug-likeness (QED) is 0.524. The number of rotatable bonds is 2. The number of hydrogen-bond acceptors (Lipinski definition) is 4. The summed E-state index contributed by atoms with van der Waals surface area (Å²) in [5.41, 5.74) is 0. The van der Waals surface area contributed by atoms with Gasteiger partial charge in [-0.05, 0) is 18.7 Å². The summed E-state index contributed by atoms with van der Waals surface area (Å²) in [6.07, 6.45) is 0.729. The zero-order valence-corrected chi connectivity index (χ0v) is 9.24. The summed E-state index contributed by atoms with van der Waals surface area (Å²) < 4.78 is 22.3. The van der Waals surface area contributed by atoms with Crippen LogP contribution in [-0.2, 0) is 9.84 Å². The number of hydrogen-bond donors (Lipinski definition) is 1. The Morgan fingerprint density at radius 2 is 2.31 bits per heavy atom. The fraction of sp³-hybridized carbons (Fsp3) is 0.750. The van der Waals surface area contributed by atoms with Crippen LogP contribution in [-0.4, -0.2) is 44.5 Å². The molecule has 1 saturated heterocycles. The van der Waals surface area contributed by atoms with Crippen LogP contribution in [0.3, 0.4) is 0 Å². The first-order valence-electron chi connectivity index (χ1n) is 4.08. The summed E-state index contributed by atoms with van der Waals surface area (Å²) >= 11 is 3.77. The molecule has 74 valence electrons. The van der Waals surface area contributed by atoms with E-state index in [1.807, 2.05) is 11.9 Å². The van der Waals surface area contributed by atoms with Crippen LogP contribution in [0.15, 0.2) is 0 Å². The van der Waals surface area contributed by atoms with Crippen molar-refractivity contribution in [3.8, 4) is 11.2 Å². The molecule has 0 aromatic rings. The molecule has 0 amide bonds. The van der Waals surface area contributed by atoms with Gasteiger partial charge in [0, 0.05) is 6.04 Å². The van der Waals surface area contributed by atoms with Gasteiger partial charge in [0.15, 0.2) is 9.84 Å². The largest absolute Gasteiger partial charge is 0.291 e. The van der Waals surface area contributed by atoms with Crippen LogP contribution in [0.1, 0.15) is 6.42 Å². The maximum Gasteiger partial charge on any atom is 0.151 e. The Hall–Kier alpha value is -0.180. The molecule has 1 unspecified atom stereocenters. The lowest BCUT2D eigenvalue weighted by Crippen LogP contribution is -2.32. The highest BCUT2D eigenvalue weighted by atomic mass is 32.2. The van der Waals surface area contributed by atoms with Crippen LogP contribution < -0.4 is 0 Å². The van der Waals surface area contributed by atoms with Crippen LogP contribution >= 0.6 is 12.6 Å². The third kappa shape index (κ3) is 3.22. The molecule has 1 heterocycles. The van der Waals surface area contributed by atoms with E-state index in [9.17, 15) is 8.42 Å². The maximum absolute atomic E-state index is 11.1. The molecule has 1 aliphatic rings. The van der Waals surface area contributed by atoms with E-state index in [1.54, 1.807) is 0 Å². The van der Waals surface area contributed by atoms with E-state index in [0.29, 0.717) is 12.3 Å². The molecule has 1 rings (SSSR count). The van der Waals surface area contributed by atoms with Crippen LogP contribution in [0, 0.1) is 11.2 Å². The van der Waals surface area contributed by atoms with Crippen molar-refractivity contribution in [1.29, 1.82) is 0 Å². The molecular weight excluding hydrogens is 206 g/mol. The van der Waals surface area contributed by atoms with E-state index in [-0.39, 0.29) is 11.8 Å². The smallest absolute Gasteiger partial charge is 0.151 e. The predicted octanol–water partition coefficient (Wildman–Crippen LogP) is -0.00400. The van der Waals surface area contributed by atoms with Crippen LogP contribution in [0.5, 0.6) is 0 Å². The standard InChI is InChI=1S/C8H13NO2S2/c1-9(4-2-5-12)8-3-6-13(10,11)7-8/h8,12H,3-4,6-7H2,1H3. The molecule has 0 radical (unpaired) electrons. The second-order valence-corrected chi connectivity index (χ2v) is 5.71. The minimum absolute atomic E-state index is 0.138. The van der Waals surface area contributed by atoms with Crippen molar-refractivity contribution in [3.63, 3.8) is 0 Å². The predicted molar refractivity (Wildman–Crippen MR) is 56.5 cm³/mol. The Balaban J connectivity index is 2.49. The van der Waals surface area contributed by atoms with E-state index >= 15 is 0 Å². The van der Waals surface area contributed by atoms with Gasteiger partial charge in [-0.25, -0.2) is 8.42 Å². The fourth-order valence-electron chi connectivity index (χ4n) is 1.41. The van der Waals surface area contributed by atoms with Crippen LogP contribution in [0.4, 0.5) is 0 Å². The van der Waals surface area contributed by atoms with Crippen molar-refractivity contribution in [3.05, 3.63) is 0 Å². The molecule has 0 bridgehead atoms. The SMILES string of the molecule is CN(CC#CS)C1CCS(=O)(=O)C1. The fourth-order valence-corrected chi connectivity index (χ4v) is 3.29. The molecule has 13 heavy (non-hydrogen) atoms. The molecule has 1 aliphatic heterocycles. The number of sulfone groups is 1. The van der Waals surface area contributed by atoms with Gasteiger partial charge in [0.25, 0.3) is 0 Å². The monoisotopic (exact) mass is 219 g/mol. The molecule has 0 aliphatic carbocycles. The minimum atomic E-state index is -2.77. The van der Waals surface area contributed by atoms with E-state index in [4.69, 9.17) is 0 Å². The van der Waals surface area contributed by atoms with Gasteiger partial charge in [0.1, 0.15) is 0 Å². The molecule has 0 spiro atoms. The first kappa shape index (κ1) is 10.9. The molecular formula is C8H13NO2S2. The molecule has 3 nitrogen and oxygen atoms in total. The lowest BCUT2D eigenvalue weighted by Gasteiger charge is -2.19. The van der Waals surface area contributed by atoms with Gasteiger partial charge in [0.2, 0.25) is 0 Å². The highest BCUT2D eigenvalue weighted by molar-refractivity contribution is 7.91. The second kappa shape index (κ2) is 4.36. The minimum Gasteiger partial charge on any atom is -0.291 e. The molecule has 0 aromatic carbocycles. The summed E-state index contributed by atoms with van der Waals surface area (Å²) in [6, 6.07) is 0.138. The number of nitrogens with zero attached hydrogens (tertiary/aromatic N) is 1. The van der Waals surface area contributed by atoms with Gasteiger partial charge in [-0.3, -0.25) is 4.90 Å². The summed E-state index contributed by atoms with van der Waals surface area (Å²) in [4.78, 5) is 1.97. The Labute approximate surface area is 84.8 Å². The first-order valence-corrected chi connectivity index (χ1v) is 6.34. The average molecular weight is 219 g/mol. The normalized spacial score (nSPS) is 25.6. The van der Waals surface area contributed by atoms with E-state index < -0.39 is 9.84 Å². The lowest BCUT2D eigenvalue weighted by molar-refractivity contribution is 0.293. The third-order valence-electron chi connectivity index (χ3n) is 2.24. The molecule has 0 aromatic heterocycles. The summed E-state index contributed by atoms with van der Waals surface area (Å²) in [5.74, 6) is 3.39. The topological polar surface area (TPSA) is 37.4 Å². The average Bonchev–Trinajstić information content (AvgIpc) is 2.42. The Morgan fingerprint density at radius 1 is 1.62 bits per heavy atom. The van der Waals surface area contributed by atoms with Crippen molar-refractivity contribution in [2.75, 3.05) is 25.1 Å². The van der Waals surface area contributed by atoms with Crippen LogP contribution in [0.2, 0.25) is 0 Å². The molecule has 0 N–H and O–H groups in total. The van der Waals surface area contributed by atoms with Gasteiger partial charge in [0.05, 0.1) is 18.1 Å². The Morgan fingerprint density at radius 3 is 2.77 bits per heavy atom. The van der Waals surface area contributed by atoms with Gasteiger partial charge < -0.3 is 0 Å². The highest BCUT2D eigenvalue weighted by Gasteiger charge is 2.29. The van der Waals surface area contributed by atoms with Crippen molar-refractivity contribution in [1.82, 2.24) is 4.90 Å². The zero-order valence-electron chi connectivity index (χ0n) is 7.52. The molecule has 0 saturated carbocycles. The molecule has 1 atom stereocenters. The number of thiol groups is 1. The Bertz CT molecular complexity index is 326. The summed E-state index contributed by atoms with van der Waals surface area (Å²) in [6.45, 7) is 0.587. The van der Waals surface area contributed by atoms with Crippen LogP contribution in [0.25, 0.3) is 0 Å². The van der Waals surface area contributed by atoms with Gasteiger partial charge in [-0.2, -0.15) is 0 Å². The van der Waals surface area contributed by atoms with Crippen molar-refractivity contribution < 1.29 is 8.42 Å². The second-order valence-electron chi connectivity index (χ2n) is 3.26. The van der Waals surface area contributed by atoms with Gasteiger partial charge in [-0.15, -0.1) is 0 Å². The maximum atomic E-state index is 11.1. The third-order valence-corrected chi connectivity index (χ3v) is 4.15. The summed E-state index contributed by atoms with van der Waals surface area (Å²) in [7, 11) is -0.882. The Kier molecular flexibility index (Phi) is 3.65. The highest BCUT2D eigenvalue weighted by Crippen LogP contribution is 2.15. The summed E-state index contributed by atoms with van der Waals surface area (Å²) in [5, 5.41) is 2.50. The van der Waals surface area contributed by atoms with Gasteiger partial charge in [-0.1, -0.05) is 18.5 Å². The van der Waals surface area contributed by atoms with E-state index in [0.717, 1.165) is 6.42 Å².